The van der Waals surface area contributed by atoms with Crippen LogP contribution < -0.4 is 15.8 Å². The molecule has 1 aliphatic rings. The zero-order valence-electron chi connectivity index (χ0n) is 15.3. The van der Waals surface area contributed by atoms with Crippen molar-refractivity contribution in [2.75, 3.05) is 26.3 Å². The SMILES string of the molecule is CCOC(=O)N1CCC(NC(N)=NCc2ccc(OCC)c(F)c2)CC1. The summed E-state index contributed by atoms with van der Waals surface area (Å²) in [5.74, 6) is 0.144. The number of carbonyl (C=O) groups is 1. The van der Waals surface area contributed by atoms with E-state index in [2.05, 4.69) is 10.3 Å². The number of hydrogen-bond donors (Lipinski definition) is 2. The largest absolute Gasteiger partial charge is 0.491 e. The van der Waals surface area contributed by atoms with E-state index in [1.54, 1.807) is 30.9 Å². The third-order valence-electron chi connectivity index (χ3n) is 4.10. The molecule has 2 rings (SSSR count). The summed E-state index contributed by atoms with van der Waals surface area (Å²) in [4.78, 5) is 17.6. The lowest BCUT2D eigenvalue weighted by Gasteiger charge is -2.31. The minimum Gasteiger partial charge on any atom is -0.491 e. The highest BCUT2D eigenvalue weighted by Crippen LogP contribution is 2.18. The zero-order valence-corrected chi connectivity index (χ0v) is 15.3. The molecule has 0 unspecified atom stereocenters. The second-order valence-electron chi connectivity index (χ2n) is 6.00. The molecule has 7 nitrogen and oxygen atoms in total. The molecule has 1 aliphatic heterocycles. The van der Waals surface area contributed by atoms with Gasteiger partial charge >= 0.3 is 6.09 Å². The van der Waals surface area contributed by atoms with E-state index in [0.717, 1.165) is 12.8 Å². The summed E-state index contributed by atoms with van der Waals surface area (Å²) in [6.45, 7) is 5.91. The molecule has 0 aliphatic carbocycles. The van der Waals surface area contributed by atoms with Gasteiger partial charge in [0.2, 0.25) is 0 Å². The van der Waals surface area contributed by atoms with Crippen LogP contribution in [0.3, 0.4) is 0 Å². The Morgan fingerprint density at radius 3 is 2.69 bits per heavy atom. The lowest BCUT2D eigenvalue weighted by atomic mass is 10.1. The molecule has 144 valence electrons. The number of rotatable bonds is 6. The second kappa shape index (κ2) is 9.84. The predicted molar refractivity (Wildman–Crippen MR) is 97.6 cm³/mol. The lowest BCUT2D eigenvalue weighted by Crippen LogP contribution is -2.48. The van der Waals surface area contributed by atoms with E-state index in [1.807, 2.05) is 0 Å². The maximum atomic E-state index is 13.8. The molecule has 0 saturated carbocycles. The molecule has 0 aromatic heterocycles. The monoisotopic (exact) mass is 366 g/mol. The number of ether oxygens (including phenoxy) is 2. The van der Waals surface area contributed by atoms with E-state index in [9.17, 15) is 9.18 Å². The first-order chi connectivity index (χ1) is 12.5. The molecule has 1 aromatic carbocycles. The predicted octanol–water partition coefficient (Wildman–Crippen LogP) is 2.25. The van der Waals surface area contributed by atoms with Crippen LogP contribution in [-0.4, -0.2) is 49.3 Å². The molecule has 1 saturated heterocycles. The Labute approximate surface area is 153 Å². The number of nitrogens with one attached hydrogen (secondary N) is 1. The smallest absolute Gasteiger partial charge is 0.409 e. The van der Waals surface area contributed by atoms with Crippen molar-refractivity contribution in [3.8, 4) is 5.75 Å². The van der Waals surface area contributed by atoms with Crippen molar-refractivity contribution in [3.63, 3.8) is 0 Å². The van der Waals surface area contributed by atoms with Crippen LogP contribution in [0, 0.1) is 5.82 Å². The van der Waals surface area contributed by atoms with E-state index in [-0.39, 0.29) is 24.4 Å². The first-order valence-electron chi connectivity index (χ1n) is 8.92. The molecular formula is C18H27FN4O3. The van der Waals surface area contributed by atoms with Gasteiger partial charge in [-0.25, -0.2) is 14.2 Å². The molecule has 3 N–H and O–H groups in total. The number of piperidine rings is 1. The van der Waals surface area contributed by atoms with E-state index >= 15 is 0 Å². The van der Waals surface area contributed by atoms with Crippen molar-refractivity contribution >= 4 is 12.1 Å². The quantitative estimate of drug-likeness (QED) is 0.595. The third-order valence-corrected chi connectivity index (χ3v) is 4.10. The summed E-state index contributed by atoms with van der Waals surface area (Å²) in [5, 5.41) is 3.16. The minimum atomic E-state index is -0.405. The van der Waals surface area contributed by atoms with Crippen LogP contribution >= 0.6 is 0 Å². The average Bonchev–Trinajstić information content (AvgIpc) is 2.63. The van der Waals surface area contributed by atoms with Gasteiger partial charge in [0.15, 0.2) is 17.5 Å². The number of halogens is 1. The number of aliphatic imine (C=N–C) groups is 1. The van der Waals surface area contributed by atoms with Crippen molar-refractivity contribution in [3.05, 3.63) is 29.6 Å². The van der Waals surface area contributed by atoms with Gasteiger partial charge in [0.05, 0.1) is 19.8 Å². The topological polar surface area (TPSA) is 89.2 Å². The Hall–Kier alpha value is -2.51. The van der Waals surface area contributed by atoms with Gasteiger partial charge in [-0.2, -0.15) is 0 Å². The molecule has 0 radical (unpaired) electrons. The Balaban J connectivity index is 1.80. The van der Waals surface area contributed by atoms with Crippen LogP contribution in [0.1, 0.15) is 32.3 Å². The highest BCUT2D eigenvalue weighted by molar-refractivity contribution is 5.78. The van der Waals surface area contributed by atoms with E-state index in [1.165, 1.54) is 6.07 Å². The van der Waals surface area contributed by atoms with Crippen LogP contribution in [0.5, 0.6) is 5.75 Å². The number of amides is 1. The number of likely N-dealkylation sites (tertiary alicyclic amines) is 1. The van der Waals surface area contributed by atoms with Crippen LogP contribution in [0.25, 0.3) is 0 Å². The summed E-state index contributed by atoms with van der Waals surface area (Å²) < 4.78 is 24.0. The van der Waals surface area contributed by atoms with Crippen molar-refractivity contribution in [2.45, 2.75) is 39.3 Å². The first kappa shape index (κ1) is 19.8. The maximum Gasteiger partial charge on any atom is 0.409 e. The van der Waals surface area contributed by atoms with Gasteiger partial charge in [-0.05, 0) is 44.4 Å². The maximum absolute atomic E-state index is 13.8. The second-order valence-corrected chi connectivity index (χ2v) is 6.00. The number of nitrogens with two attached hydrogens (primary N) is 1. The molecule has 0 spiro atoms. The van der Waals surface area contributed by atoms with Crippen molar-refractivity contribution < 1.29 is 18.7 Å². The normalized spacial score (nSPS) is 15.7. The molecule has 26 heavy (non-hydrogen) atoms. The van der Waals surface area contributed by atoms with Crippen LogP contribution in [0.4, 0.5) is 9.18 Å². The fraction of sp³-hybridized carbons (Fsp3) is 0.556. The van der Waals surface area contributed by atoms with Crippen LogP contribution in [-0.2, 0) is 11.3 Å². The summed E-state index contributed by atoms with van der Waals surface area (Å²) in [6.07, 6.45) is 1.27. The minimum absolute atomic E-state index is 0.154. The molecule has 8 heteroatoms. The number of nitrogens with zero attached hydrogens (tertiary/aromatic N) is 2. The first-order valence-corrected chi connectivity index (χ1v) is 8.92. The molecule has 0 atom stereocenters. The van der Waals surface area contributed by atoms with Gasteiger partial charge in [-0.1, -0.05) is 6.07 Å². The van der Waals surface area contributed by atoms with E-state index < -0.39 is 5.82 Å². The zero-order chi connectivity index (χ0) is 18.9. The van der Waals surface area contributed by atoms with Crippen molar-refractivity contribution in [1.29, 1.82) is 0 Å². The highest BCUT2D eigenvalue weighted by Gasteiger charge is 2.23. The molecule has 1 amide bonds. The third kappa shape index (κ3) is 5.79. The number of benzene rings is 1. The molecular weight excluding hydrogens is 339 g/mol. The van der Waals surface area contributed by atoms with Gasteiger partial charge < -0.3 is 25.4 Å². The molecule has 1 heterocycles. The van der Waals surface area contributed by atoms with Gasteiger partial charge in [0, 0.05) is 19.1 Å². The average molecular weight is 366 g/mol. The fourth-order valence-electron chi connectivity index (χ4n) is 2.77. The molecule has 0 bridgehead atoms. The summed E-state index contributed by atoms with van der Waals surface area (Å²) in [6, 6.07) is 4.92. The number of hydrogen-bond acceptors (Lipinski definition) is 4. The van der Waals surface area contributed by atoms with E-state index in [0.29, 0.717) is 37.8 Å². The van der Waals surface area contributed by atoms with Gasteiger partial charge in [-0.3, -0.25) is 0 Å². The Morgan fingerprint density at radius 1 is 1.35 bits per heavy atom. The van der Waals surface area contributed by atoms with E-state index in [4.69, 9.17) is 15.2 Å². The highest BCUT2D eigenvalue weighted by atomic mass is 19.1. The number of carbonyl (C=O) groups excluding carboxylic acids is 1. The van der Waals surface area contributed by atoms with Crippen LogP contribution in [0.15, 0.2) is 23.2 Å². The fourth-order valence-corrected chi connectivity index (χ4v) is 2.77. The Bertz CT molecular complexity index is 631. The Morgan fingerprint density at radius 2 is 2.08 bits per heavy atom. The van der Waals surface area contributed by atoms with Crippen LogP contribution in [0.2, 0.25) is 0 Å². The van der Waals surface area contributed by atoms with Crippen molar-refractivity contribution in [2.24, 2.45) is 10.7 Å². The van der Waals surface area contributed by atoms with Gasteiger partial charge in [0.1, 0.15) is 0 Å². The molecule has 1 fully saturated rings. The molecule has 1 aromatic rings. The summed E-state index contributed by atoms with van der Waals surface area (Å²) in [5.41, 5.74) is 6.64. The number of guanidine groups is 1. The summed E-state index contributed by atoms with van der Waals surface area (Å²) in [7, 11) is 0. The lowest BCUT2D eigenvalue weighted by molar-refractivity contribution is 0.0963. The Kier molecular flexibility index (Phi) is 7.50. The summed E-state index contributed by atoms with van der Waals surface area (Å²) >= 11 is 0. The standard InChI is InChI=1S/C18H27FN4O3/c1-3-25-16-6-5-13(11-15(16)19)12-21-17(20)22-14-7-9-23(10-8-14)18(24)26-4-2/h5-6,11,14H,3-4,7-10,12H2,1-2H3,(H3,20,21,22). The van der Waals surface area contributed by atoms with Gasteiger partial charge in [-0.15, -0.1) is 0 Å². The van der Waals surface area contributed by atoms with Gasteiger partial charge in [0.25, 0.3) is 0 Å². The van der Waals surface area contributed by atoms with Crippen molar-refractivity contribution in [1.82, 2.24) is 10.2 Å².